The fourth-order valence-corrected chi connectivity index (χ4v) is 3.35. The summed E-state index contributed by atoms with van der Waals surface area (Å²) < 4.78 is 16.9. The van der Waals surface area contributed by atoms with E-state index < -0.39 is 30.3 Å². The maximum absolute atomic E-state index is 12.5. The predicted molar refractivity (Wildman–Crippen MR) is 108 cm³/mol. The van der Waals surface area contributed by atoms with Crippen molar-refractivity contribution in [3.63, 3.8) is 0 Å². The van der Waals surface area contributed by atoms with Gasteiger partial charge in [-0.05, 0) is 47.5 Å². The number of ether oxygens (including phenoxy) is 1. The maximum atomic E-state index is 12.5. The van der Waals surface area contributed by atoms with E-state index in [2.05, 4.69) is 15.3 Å². The number of carbonyl (C=O) groups excluding carboxylic acids is 2. The van der Waals surface area contributed by atoms with Gasteiger partial charge >= 0.3 is 13.1 Å². The summed E-state index contributed by atoms with van der Waals surface area (Å²) in [5.74, 6) is -0.207. The monoisotopic (exact) mass is 404 g/mol. The Morgan fingerprint density at radius 2 is 1.86 bits per heavy atom. The molecule has 1 amide bonds. The van der Waals surface area contributed by atoms with E-state index >= 15 is 0 Å². The summed E-state index contributed by atoms with van der Waals surface area (Å²) in [5, 5.41) is 2.63. The fourth-order valence-electron chi connectivity index (χ4n) is 3.35. The van der Waals surface area contributed by atoms with E-state index in [1.165, 1.54) is 0 Å². The minimum atomic E-state index is -0.531. The lowest BCUT2D eigenvalue weighted by molar-refractivity contribution is -0.143. The largest absolute Gasteiger partial charge is 0.498 e. The summed E-state index contributed by atoms with van der Waals surface area (Å²) in [6.07, 6.45) is 4.88. The van der Waals surface area contributed by atoms with Gasteiger partial charge in [0.25, 0.3) is 0 Å². The highest BCUT2D eigenvalue weighted by Gasteiger charge is 2.52. The molecular weight excluding hydrogens is 375 g/mol. The molecule has 0 radical (unpaired) electrons. The molecule has 0 spiro atoms. The van der Waals surface area contributed by atoms with Crippen LogP contribution in [0.15, 0.2) is 12.4 Å². The van der Waals surface area contributed by atoms with E-state index in [0.29, 0.717) is 18.9 Å². The first-order chi connectivity index (χ1) is 13.6. The molecular formula is C19H29BN4O5. The molecule has 1 atom stereocenters. The van der Waals surface area contributed by atoms with Crippen molar-refractivity contribution in [2.24, 2.45) is 0 Å². The first kappa shape index (κ1) is 21.5. The lowest BCUT2D eigenvalue weighted by atomic mass is 9.81. The molecule has 1 N–H and O–H groups in total. The van der Waals surface area contributed by atoms with Crippen LogP contribution in [0.4, 0.5) is 5.95 Å². The van der Waals surface area contributed by atoms with E-state index in [4.69, 9.17) is 14.0 Å². The Labute approximate surface area is 171 Å². The minimum absolute atomic E-state index is 0.140. The number of hydrogen-bond acceptors (Lipinski definition) is 8. The summed E-state index contributed by atoms with van der Waals surface area (Å²) in [5.41, 5.74) is -0.143. The zero-order valence-corrected chi connectivity index (χ0v) is 17.7. The zero-order valence-electron chi connectivity index (χ0n) is 17.7. The van der Waals surface area contributed by atoms with Crippen LogP contribution in [0.1, 0.15) is 47.5 Å². The lowest BCUT2D eigenvalue weighted by Gasteiger charge is -2.32. The summed E-state index contributed by atoms with van der Waals surface area (Å²) >= 11 is 0. The van der Waals surface area contributed by atoms with Crippen molar-refractivity contribution in [3.05, 3.63) is 12.4 Å². The molecule has 2 aliphatic heterocycles. The second-order valence-electron chi connectivity index (χ2n) is 8.28. The Balaban J connectivity index is 1.64. The molecule has 1 aromatic heterocycles. The highest BCUT2D eigenvalue weighted by molar-refractivity contribution is 6.61. The van der Waals surface area contributed by atoms with Crippen LogP contribution < -0.4 is 15.7 Å². The van der Waals surface area contributed by atoms with Crippen molar-refractivity contribution < 1.29 is 23.6 Å². The van der Waals surface area contributed by atoms with Gasteiger partial charge in [-0.25, -0.2) is 9.97 Å². The molecule has 10 heteroatoms. The van der Waals surface area contributed by atoms with E-state index in [-0.39, 0.29) is 19.1 Å². The average molecular weight is 404 g/mol. The van der Waals surface area contributed by atoms with Crippen molar-refractivity contribution in [1.82, 2.24) is 15.3 Å². The van der Waals surface area contributed by atoms with E-state index in [1.54, 1.807) is 19.3 Å². The van der Waals surface area contributed by atoms with Gasteiger partial charge in [0, 0.05) is 24.4 Å². The number of amides is 1. The molecule has 158 valence electrons. The molecule has 2 fully saturated rings. The van der Waals surface area contributed by atoms with Crippen molar-refractivity contribution in [1.29, 1.82) is 0 Å². The van der Waals surface area contributed by atoms with Crippen LogP contribution in [0.2, 0.25) is 0 Å². The predicted octanol–water partition coefficient (Wildman–Crippen LogP) is 0.424. The quantitative estimate of drug-likeness (QED) is 0.538. The number of nitrogens with zero attached hydrogens (tertiary/aromatic N) is 3. The molecule has 2 saturated heterocycles. The molecule has 29 heavy (non-hydrogen) atoms. The Kier molecular flexibility index (Phi) is 6.14. The molecule has 3 rings (SSSR count). The van der Waals surface area contributed by atoms with Crippen LogP contribution in [-0.4, -0.2) is 65.9 Å². The Morgan fingerprint density at radius 1 is 1.24 bits per heavy atom. The summed E-state index contributed by atoms with van der Waals surface area (Å²) in [6.45, 7) is 10.5. The number of aromatic nitrogens is 2. The summed E-state index contributed by atoms with van der Waals surface area (Å²) in [4.78, 5) is 34.7. The van der Waals surface area contributed by atoms with E-state index in [0.717, 1.165) is 11.9 Å². The third kappa shape index (κ3) is 4.53. The van der Waals surface area contributed by atoms with Crippen molar-refractivity contribution in [3.8, 4) is 0 Å². The zero-order chi connectivity index (χ0) is 21.2. The third-order valence-corrected chi connectivity index (χ3v) is 5.71. The number of hydrogen-bond donors (Lipinski definition) is 1. The number of nitrogens with one attached hydrogen (secondary N) is 1. The Bertz CT molecular complexity index is 739. The van der Waals surface area contributed by atoms with Crippen LogP contribution in [0.25, 0.3) is 0 Å². The molecule has 0 saturated carbocycles. The molecule has 9 nitrogen and oxygen atoms in total. The number of rotatable bonds is 6. The van der Waals surface area contributed by atoms with Crippen molar-refractivity contribution >= 4 is 30.4 Å². The fraction of sp³-hybridized carbons (Fsp3) is 0.684. The van der Waals surface area contributed by atoms with Crippen molar-refractivity contribution in [2.75, 3.05) is 24.6 Å². The molecule has 0 unspecified atom stereocenters. The van der Waals surface area contributed by atoms with Crippen LogP contribution in [-0.2, 0) is 23.6 Å². The second kappa shape index (κ2) is 8.27. The van der Waals surface area contributed by atoms with Gasteiger partial charge < -0.3 is 24.3 Å². The van der Waals surface area contributed by atoms with Crippen LogP contribution in [0.3, 0.4) is 0 Å². The van der Waals surface area contributed by atoms with Crippen LogP contribution >= 0.6 is 0 Å². The minimum Gasteiger partial charge on any atom is -0.465 e. The number of esters is 1. The first-order valence-corrected chi connectivity index (χ1v) is 10.0. The summed E-state index contributed by atoms with van der Waals surface area (Å²) in [7, 11) is -0.531. The molecule has 0 bridgehead atoms. The molecule has 0 aromatic carbocycles. The summed E-state index contributed by atoms with van der Waals surface area (Å²) in [6, 6.07) is -0.410. The number of anilines is 1. The maximum Gasteiger partial charge on any atom is 0.498 e. The van der Waals surface area contributed by atoms with E-state index in [9.17, 15) is 9.59 Å². The molecule has 3 heterocycles. The van der Waals surface area contributed by atoms with Crippen molar-refractivity contribution in [2.45, 2.75) is 64.7 Å². The Hall–Kier alpha value is -2.20. The average Bonchev–Trinajstić information content (AvgIpc) is 3.23. The topological polar surface area (TPSA) is 103 Å². The first-order valence-electron chi connectivity index (χ1n) is 10.0. The van der Waals surface area contributed by atoms with Crippen LogP contribution in [0.5, 0.6) is 0 Å². The van der Waals surface area contributed by atoms with Gasteiger partial charge in [0.1, 0.15) is 12.6 Å². The third-order valence-electron chi connectivity index (χ3n) is 5.71. The van der Waals surface area contributed by atoms with Gasteiger partial charge in [-0.15, -0.1) is 0 Å². The standard InChI is InChI=1S/C19H29BN4O5/c1-6-27-15(25)12-21-16(26)14-8-7-9-24(14)17-22-10-13(11-23-17)20-28-18(2,3)19(4,5)29-20/h10-11,14H,6-9,12H2,1-5H3,(H,21,26)/t14-/m0/s1. The highest BCUT2D eigenvalue weighted by atomic mass is 16.7. The Morgan fingerprint density at radius 3 is 2.45 bits per heavy atom. The normalized spacial score (nSPS) is 22.6. The molecule has 0 aliphatic carbocycles. The van der Waals surface area contributed by atoms with E-state index in [1.807, 2.05) is 32.6 Å². The van der Waals surface area contributed by atoms with Gasteiger partial charge in [-0.2, -0.15) is 0 Å². The molecule has 1 aromatic rings. The van der Waals surface area contributed by atoms with Gasteiger partial charge in [-0.1, -0.05) is 0 Å². The van der Waals surface area contributed by atoms with Gasteiger partial charge in [0.2, 0.25) is 11.9 Å². The smallest absolute Gasteiger partial charge is 0.465 e. The molecule has 2 aliphatic rings. The van der Waals surface area contributed by atoms with Gasteiger partial charge in [-0.3, -0.25) is 9.59 Å². The highest BCUT2D eigenvalue weighted by Crippen LogP contribution is 2.36. The number of carbonyl (C=O) groups is 2. The van der Waals surface area contributed by atoms with Gasteiger partial charge in [0.05, 0.1) is 17.8 Å². The van der Waals surface area contributed by atoms with Gasteiger partial charge in [0.15, 0.2) is 0 Å². The van der Waals surface area contributed by atoms with Crippen LogP contribution in [0, 0.1) is 0 Å². The lowest BCUT2D eigenvalue weighted by Crippen LogP contribution is -2.46. The second-order valence-corrected chi connectivity index (χ2v) is 8.28. The SMILES string of the molecule is CCOC(=O)CNC(=O)[C@@H]1CCCN1c1ncc(B2OC(C)(C)C(C)(C)O2)cn1.